The summed E-state index contributed by atoms with van der Waals surface area (Å²) >= 11 is 0. The summed E-state index contributed by atoms with van der Waals surface area (Å²) in [5.41, 5.74) is 1.99. The second-order valence-electron chi connectivity index (χ2n) is 7.14. The lowest BCUT2D eigenvalue weighted by Crippen LogP contribution is -2.44. The predicted molar refractivity (Wildman–Crippen MR) is 95.0 cm³/mol. The van der Waals surface area contributed by atoms with E-state index in [0.717, 1.165) is 31.7 Å². The summed E-state index contributed by atoms with van der Waals surface area (Å²) in [6, 6.07) is 8.37. The van der Waals surface area contributed by atoms with Crippen LogP contribution in [-0.4, -0.2) is 50.1 Å². The third-order valence-corrected chi connectivity index (χ3v) is 5.46. The van der Waals surface area contributed by atoms with E-state index in [1.54, 1.807) is 0 Å². The van der Waals surface area contributed by atoms with Crippen molar-refractivity contribution in [2.75, 3.05) is 38.1 Å². The normalized spacial score (nSPS) is 21.4. The number of likely N-dealkylation sites (N-methyl/N-ethyl adjacent to an activating group) is 1. The van der Waals surface area contributed by atoms with Gasteiger partial charge in [0.15, 0.2) is 0 Å². The van der Waals surface area contributed by atoms with Crippen LogP contribution in [0.4, 0.5) is 5.69 Å². The zero-order valence-electron chi connectivity index (χ0n) is 14.4. The molecule has 4 heteroatoms. The Labute approximate surface area is 139 Å². The molecular weight excluding hydrogens is 286 g/mol. The summed E-state index contributed by atoms with van der Waals surface area (Å²) in [4.78, 5) is 17.2. The van der Waals surface area contributed by atoms with E-state index in [9.17, 15) is 4.79 Å². The highest BCUT2D eigenvalue weighted by molar-refractivity contribution is 5.94. The molecule has 1 saturated heterocycles. The summed E-state index contributed by atoms with van der Waals surface area (Å²) < 4.78 is 0. The van der Waals surface area contributed by atoms with Crippen molar-refractivity contribution in [1.82, 2.24) is 10.2 Å². The van der Waals surface area contributed by atoms with E-state index in [1.165, 1.54) is 31.4 Å². The Bertz CT molecular complexity index is 514. The molecule has 23 heavy (non-hydrogen) atoms. The van der Waals surface area contributed by atoms with Crippen LogP contribution in [0.3, 0.4) is 0 Å². The van der Waals surface area contributed by atoms with E-state index in [1.807, 2.05) is 12.1 Å². The number of hydrogen-bond acceptors (Lipinski definition) is 3. The smallest absolute Gasteiger partial charge is 0.251 e. The first-order valence-electron chi connectivity index (χ1n) is 8.98. The van der Waals surface area contributed by atoms with Gasteiger partial charge in [0.1, 0.15) is 0 Å². The van der Waals surface area contributed by atoms with Gasteiger partial charge in [0.25, 0.3) is 5.91 Å². The molecule has 1 aliphatic heterocycles. The van der Waals surface area contributed by atoms with Crippen molar-refractivity contribution >= 4 is 11.6 Å². The lowest BCUT2D eigenvalue weighted by Gasteiger charge is -2.34. The highest BCUT2D eigenvalue weighted by atomic mass is 16.1. The first-order valence-corrected chi connectivity index (χ1v) is 8.98. The Hall–Kier alpha value is -1.55. The molecule has 1 unspecified atom stereocenters. The van der Waals surface area contributed by atoms with Gasteiger partial charge in [0.2, 0.25) is 0 Å². The average molecular weight is 315 g/mol. The third kappa shape index (κ3) is 4.05. The third-order valence-electron chi connectivity index (χ3n) is 5.46. The van der Waals surface area contributed by atoms with E-state index in [2.05, 4.69) is 41.2 Å². The molecule has 1 saturated carbocycles. The van der Waals surface area contributed by atoms with Gasteiger partial charge in [0, 0.05) is 43.5 Å². The Morgan fingerprint density at radius 3 is 2.30 bits per heavy atom. The number of piperazine rings is 1. The van der Waals surface area contributed by atoms with Crippen molar-refractivity contribution in [1.29, 1.82) is 0 Å². The molecular formula is C19H29N3O. The second-order valence-corrected chi connectivity index (χ2v) is 7.14. The summed E-state index contributed by atoms with van der Waals surface area (Å²) in [5.74, 6) is 0.720. The number of amides is 1. The van der Waals surface area contributed by atoms with Crippen LogP contribution in [0.1, 0.15) is 43.0 Å². The van der Waals surface area contributed by atoms with Gasteiger partial charge in [-0.2, -0.15) is 0 Å². The summed E-state index contributed by atoms with van der Waals surface area (Å²) in [6.45, 7) is 6.45. The molecule has 0 aromatic heterocycles. The van der Waals surface area contributed by atoms with Crippen LogP contribution in [0.15, 0.2) is 24.3 Å². The van der Waals surface area contributed by atoms with Crippen molar-refractivity contribution in [2.24, 2.45) is 5.92 Å². The van der Waals surface area contributed by atoms with Gasteiger partial charge in [-0.1, -0.05) is 12.8 Å². The van der Waals surface area contributed by atoms with Crippen LogP contribution < -0.4 is 10.2 Å². The van der Waals surface area contributed by atoms with E-state index in [-0.39, 0.29) is 11.9 Å². The number of hydrogen-bond donors (Lipinski definition) is 1. The van der Waals surface area contributed by atoms with E-state index in [0.29, 0.717) is 5.92 Å². The Kier molecular flexibility index (Phi) is 5.21. The molecule has 1 atom stereocenters. The summed E-state index contributed by atoms with van der Waals surface area (Å²) in [6.07, 6.45) is 5.13. The summed E-state index contributed by atoms with van der Waals surface area (Å²) in [5, 5.41) is 3.18. The average Bonchev–Trinajstić information content (AvgIpc) is 3.10. The maximum absolute atomic E-state index is 12.4. The fourth-order valence-corrected chi connectivity index (χ4v) is 3.75. The maximum Gasteiger partial charge on any atom is 0.251 e. The molecule has 1 aromatic carbocycles. The molecule has 4 nitrogen and oxygen atoms in total. The molecule has 0 spiro atoms. The van der Waals surface area contributed by atoms with Gasteiger partial charge in [-0.25, -0.2) is 0 Å². The van der Waals surface area contributed by atoms with E-state index in [4.69, 9.17) is 0 Å². The first kappa shape index (κ1) is 16.3. The predicted octanol–water partition coefficient (Wildman–Crippen LogP) is 2.75. The van der Waals surface area contributed by atoms with Crippen LogP contribution in [-0.2, 0) is 0 Å². The quantitative estimate of drug-likeness (QED) is 0.928. The van der Waals surface area contributed by atoms with Crippen LogP contribution >= 0.6 is 0 Å². The molecule has 1 aliphatic carbocycles. The van der Waals surface area contributed by atoms with Gasteiger partial charge >= 0.3 is 0 Å². The lowest BCUT2D eigenvalue weighted by atomic mass is 9.99. The highest BCUT2D eigenvalue weighted by Gasteiger charge is 2.23. The number of rotatable bonds is 4. The number of carbonyl (C=O) groups is 1. The SMILES string of the molecule is CC(NC(=O)c1ccc(N2CCN(C)CC2)cc1)C1CCCC1. The van der Waals surface area contributed by atoms with Gasteiger partial charge in [-0.05, 0) is 57.0 Å². The molecule has 3 rings (SSSR count). The van der Waals surface area contributed by atoms with Crippen molar-refractivity contribution in [2.45, 2.75) is 38.6 Å². The number of benzene rings is 1. The van der Waals surface area contributed by atoms with Crippen LogP contribution in [0.2, 0.25) is 0 Å². The molecule has 1 N–H and O–H groups in total. The lowest BCUT2D eigenvalue weighted by molar-refractivity contribution is 0.0927. The molecule has 2 aliphatic rings. The standard InChI is InChI=1S/C19H29N3O/c1-15(16-5-3-4-6-16)20-19(23)17-7-9-18(10-8-17)22-13-11-21(2)12-14-22/h7-10,15-16H,3-6,11-14H2,1-2H3,(H,20,23). The molecule has 2 fully saturated rings. The Morgan fingerprint density at radius 1 is 1.09 bits per heavy atom. The number of anilines is 1. The molecule has 126 valence electrons. The van der Waals surface area contributed by atoms with Crippen molar-refractivity contribution in [3.05, 3.63) is 29.8 Å². The van der Waals surface area contributed by atoms with Crippen molar-refractivity contribution < 1.29 is 4.79 Å². The minimum atomic E-state index is 0.0642. The van der Waals surface area contributed by atoms with Crippen molar-refractivity contribution in [3.8, 4) is 0 Å². The molecule has 1 amide bonds. The van der Waals surface area contributed by atoms with Crippen LogP contribution in [0.5, 0.6) is 0 Å². The minimum Gasteiger partial charge on any atom is -0.369 e. The Balaban J connectivity index is 1.56. The topological polar surface area (TPSA) is 35.6 Å². The van der Waals surface area contributed by atoms with Crippen LogP contribution in [0.25, 0.3) is 0 Å². The first-order chi connectivity index (χ1) is 11.1. The van der Waals surface area contributed by atoms with E-state index >= 15 is 0 Å². The van der Waals surface area contributed by atoms with Crippen LogP contribution in [0, 0.1) is 5.92 Å². The maximum atomic E-state index is 12.4. The van der Waals surface area contributed by atoms with Gasteiger partial charge < -0.3 is 15.1 Å². The van der Waals surface area contributed by atoms with Crippen molar-refractivity contribution in [3.63, 3.8) is 0 Å². The molecule has 0 radical (unpaired) electrons. The number of nitrogens with zero attached hydrogens (tertiary/aromatic N) is 2. The zero-order chi connectivity index (χ0) is 16.2. The summed E-state index contributed by atoms with van der Waals surface area (Å²) in [7, 11) is 2.16. The van der Waals surface area contributed by atoms with Gasteiger partial charge in [0.05, 0.1) is 0 Å². The number of nitrogens with one attached hydrogen (secondary N) is 1. The monoisotopic (exact) mass is 315 g/mol. The zero-order valence-corrected chi connectivity index (χ0v) is 14.4. The largest absolute Gasteiger partial charge is 0.369 e. The second kappa shape index (κ2) is 7.35. The van der Waals surface area contributed by atoms with Gasteiger partial charge in [-0.3, -0.25) is 4.79 Å². The molecule has 1 aromatic rings. The molecule has 1 heterocycles. The van der Waals surface area contributed by atoms with Gasteiger partial charge in [-0.15, -0.1) is 0 Å². The molecule has 0 bridgehead atoms. The Morgan fingerprint density at radius 2 is 1.70 bits per heavy atom. The minimum absolute atomic E-state index is 0.0642. The fraction of sp³-hybridized carbons (Fsp3) is 0.632. The van der Waals surface area contributed by atoms with E-state index < -0.39 is 0 Å². The fourth-order valence-electron chi connectivity index (χ4n) is 3.75. The number of carbonyl (C=O) groups excluding carboxylic acids is 1. The highest BCUT2D eigenvalue weighted by Crippen LogP contribution is 2.27.